The van der Waals surface area contributed by atoms with Crippen LogP contribution >= 0.6 is 0 Å². The third kappa shape index (κ3) is 5.78. The normalized spacial score (nSPS) is 10.7. The summed E-state index contributed by atoms with van der Waals surface area (Å²) in [6.45, 7) is 2.73. The first-order valence-electron chi connectivity index (χ1n) is 8.21. The van der Waals surface area contributed by atoms with Gasteiger partial charge in [-0.15, -0.1) is 0 Å². The molecule has 0 atom stereocenters. The van der Waals surface area contributed by atoms with E-state index in [4.69, 9.17) is 14.2 Å². The summed E-state index contributed by atoms with van der Waals surface area (Å²) in [6, 6.07) is 16.7. The van der Waals surface area contributed by atoms with Gasteiger partial charge in [0, 0.05) is 13.1 Å². The molecule has 0 unspecified atom stereocenters. The predicted octanol–water partition coefficient (Wildman–Crippen LogP) is 3.45. The van der Waals surface area contributed by atoms with Gasteiger partial charge in [-0.3, -0.25) is 0 Å². The van der Waals surface area contributed by atoms with Crippen molar-refractivity contribution in [1.29, 1.82) is 0 Å². The van der Waals surface area contributed by atoms with Crippen LogP contribution in [0.25, 0.3) is 0 Å². The molecular formula is C20H26NO3. The third-order valence-electron chi connectivity index (χ3n) is 3.87. The van der Waals surface area contributed by atoms with Gasteiger partial charge in [-0.25, -0.2) is 0 Å². The largest absolute Gasteiger partial charge is 0.494 e. The molecule has 0 amide bonds. The molecule has 24 heavy (non-hydrogen) atoms. The van der Waals surface area contributed by atoms with Gasteiger partial charge < -0.3 is 19.1 Å². The van der Waals surface area contributed by atoms with Crippen LogP contribution in [-0.2, 0) is 6.42 Å². The highest BCUT2D eigenvalue weighted by Crippen LogP contribution is 2.27. The smallest absolute Gasteiger partial charge is 0.160 e. The number of benzene rings is 2. The highest BCUT2D eigenvalue weighted by Gasteiger charge is 2.06. The van der Waals surface area contributed by atoms with Crippen molar-refractivity contribution in [3.05, 3.63) is 54.1 Å². The van der Waals surface area contributed by atoms with Crippen LogP contribution in [0.3, 0.4) is 0 Å². The topological polar surface area (TPSA) is 30.9 Å². The van der Waals surface area contributed by atoms with E-state index in [1.54, 1.807) is 14.2 Å². The van der Waals surface area contributed by atoms with Gasteiger partial charge in [0.1, 0.15) is 5.75 Å². The van der Waals surface area contributed by atoms with E-state index in [-0.39, 0.29) is 0 Å². The van der Waals surface area contributed by atoms with Crippen molar-refractivity contribution in [2.75, 3.05) is 41.0 Å². The minimum atomic E-state index is 0.727. The Morgan fingerprint density at radius 2 is 1.71 bits per heavy atom. The maximum atomic E-state index is 5.70. The molecule has 0 saturated carbocycles. The molecule has 2 rings (SSSR count). The summed E-state index contributed by atoms with van der Waals surface area (Å²) in [5.41, 5.74) is 1.25. The predicted molar refractivity (Wildman–Crippen MR) is 96.1 cm³/mol. The van der Waals surface area contributed by atoms with Gasteiger partial charge in [-0.1, -0.05) is 18.2 Å². The molecule has 0 aliphatic carbocycles. The maximum Gasteiger partial charge on any atom is 0.160 e. The zero-order chi connectivity index (χ0) is 17.2. The summed E-state index contributed by atoms with van der Waals surface area (Å²) in [5, 5.41) is 0. The fourth-order valence-electron chi connectivity index (χ4n) is 2.46. The van der Waals surface area contributed by atoms with Crippen LogP contribution in [0.5, 0.6) is 17.2 Å². The van der Waals surface area contributed by atoms with E-state index in [2.05, 4.69) is 24.1 Å². The Balaban J connectivity index is 1.68. The number of likely N-dealkylation sites (N-methyl/N-ethyl adjacent to an activating group) is 1. The lowest BCUT2D eigenvalue weighted by Gasteiger charge is -2.17. The van der Waals surface area contributed by atoms with Gasteiger partial charge in [0.05, 0.1) is 20.8 Å². The van der Waals surface area contributed by atoms with Crippen LogP contribution in [0.1, 0.15) is 12.0 Å². The second-order valence-electron chi connectivity index (χ2n) is 5.68. The van der Waals surface area contributed by atoms with E-state index < -0.39 is 0 Å². The van der Waals surface area contributed by atoms with Crippen molar-refractivity contribution < 1.29 is 14.2 Å². The zero-order valence-electron chi connectivity index (χ0n) is 14.7. The van der Waals surface area contributed by atoms with Gasteiger partial charge in [0.15, 0.2) is 11.5 Å². The van der Waals surface area contributed by atoms with Gasteiger partial charge in [0.2, 0.25) is 0 Å². The molecule has 0 aromatic heterocycles. The number of methoxy groups -OCH3 is 2. The second kappa shape index (κ2) is 9.83. The minimum Gasteiger partial charge on any atom is -0.494 e. The Morgan fingerprint density at radius 3 is 2.42 bits per heavy atom. The maximum absolute atomic E-state index is 5.70. The van der Waals surface area contributed by atoms with Crippen LogP contribution in [0.2, 0.25) is 0 Å². The Hall–Kier alpha value is -2.20. The monoisotopic (exact) mass is 328 g/mol. The minimum absolute atomic E-state index is 0.727. The molecule has 1 radical (unpaired) electrons. The van der Waals surface area contributed by atoms with Crippen LogP contribution in [0.15, 0.2) is 42.5 Å². The number of hydrogen-bond donors (Lipinski definition) is 0. The Bertz CT molecular complexity index is 601. The van der Waals surface area contributed by atoms with Crippen LogP contribution in [0, 0.1) is 6.07 Å². The average Bonchev–Trinajstić information content (AvgIpc) is 2.64. The Kier molecular flexibility index (Phi) is 7.43. The Labute approximate surface area is 145 Å². The molecule has 4 nitrogen and oxygen atoms in total. The van der Waals surface area contributed by atoms with E-state index in [9.17, 15) is 0 Å². The van der Waals surface area contributed by atoms with Crippen molar-refractivity contribution in [3.8, 4) is 17.2 Å². The van der Waals surface area contributed by atoms with Crippen molar-refractivity contribution in [2.24, 2.45) is 0 Å². The molecule has 0 bridgehead atoms. The summed E-state index contributed by atoms with van der Waals surface area (Å²) in [6.07, 6.45) is 1.98. The standard InChI is InChI=1S/C20H26NO3/c1-21(13-7-15-24-18-8-5-4-6-9-18)14-12-17-10-11-19(22-2)20(16-17)23-3/h5-6,8-11,16H,7,12-15H2,1-3H3. The van der Waals surface area contributed by atoms with Crippen LogP contribution in [-0.4, -0.2) is 45.9 Å². The lowest BCUT2D eigenvalue weighted by molar-refractivity contribution is 0.264. The summed E-state index contributed by atoms with van der Waals surface area (Å²) in [4.78, 5) is 2.32. The van der Waals surface area contributed by atoms with Crippen LogP contribution < -0.4 is 14.2 Å². The van der Waals surface area contributed by atoms with Gasteiger partial charge in [-0.05, 0) is 55.8 Å². The van der Waals surface area contributed by atoms with E-state index in [1.807, 2.05) is 36.4 Å². The average molecular weight is 328 g/mol. The first-order valence-corrected chi connectivity index (χ1v) is 8.21. The van der Waals surface area contributed by atoms with E-state index >= 15 is 0 Å². The number of nitrogens with zero attached hydrogens (tertiary/aromatic N) is 1. The molecule has 0 heterocycles. The first kappa shape index (κ1) is 18.1. The zero-order valence-corrected chi connectivity index (χ0v) is 14.7. The fourth-order valence-corrected chi connectivity index (χ4v) is 2.46. The van der Waals surface area contributed by atoms with Gasteiger partial charge in [-0.2, -0.15) is 0 Å². The van der Waals surface area contributed by atoms with Gasteiger partial charge in [0.25, 0.3) is 0 Å². The quantitative estimate of drug-likeness (QED) is 0.625. The van der Waals surface area contributed by atoms with Crippen LogP contribution in [0.4, 0.5) is 0 Å². The summed E-state index contributed by atoms with van der Waals surface area (Å²) in [7, 11) is 5.46. The van der Waals surface area contributed by atoms with Gasteiger partial charge >= 0.3 is 0 Å². The highest BCUT2D eigenvalue weighted by atomic mass is 16.5. The molecule has 0 aliphatic heterocycles. The van der Waals surface area contributed by atoms with Crippen molar-refractivity contribution >= 4 is 0 Å². The number of hydrogen-bond acceptors (Lipinski definition) is 4. The third-order valence-corrected chi connectivity index (χ3v) is 3.87. The molecule has 129 valence electrons. The molecular weight excluding hydrogens is 302 g/mol. The van der Waals surface area contributed by atoms with Crippen molar-refractivity contribution in [3.63, 3.8) is 0 Å². The van der Waals surface area contributed by atoms with E-state index in [1.165, 1.54) is 5.56 Å². The Morgan fingerprint density at radius 1 is 0.958 bits per heavy atom. The lowest BCUT2D eigenvalue weighted by Crippen LogP contribution is -2.23. The molecule has 4 heteroatoms. The first-order chi connectivity index (χ1) is 11.7. The molecule has 0 saturated heterocycles. The molecule has 0 aliphatic rings. The number of rotatable bonds is 10. The summed E-state index contributed by atoms with van der Waals surface area (Å²) in [5.74, 6) is 2.46. The second-order valence-corrected chi connectivity index (χ2v) is 5.68. The SMILES string of the molecule is COc1ccc(CCN(C)CCCOc2cc[c]cc2)cc1OC. The molecule has 2 aromatic carbocycles. The summed E-state index contributed by atoms with van der Waals surface area (Å²) >= 11 is 0. The lowest BCUT2D eigenvalue weighted by atomic mass is 10.1. The van der Waals surface area contributed by atoms with Crippen molar-refractivity contribution in [2.45, 2.75) is 12.8 Å². The number of ether oxygens (including phenoxy) is 3. The molecule has 0 fully saturated rings. The summed E-state index contributed by atoms with van der Waals surface area (Å²) < 4.78 is 16.3. The fraction of sp³-hybridized carbons (Fsp3) is 0.400. The molecule has 0 N–H and O–H groups in total. The highest BCUT2D eigenvalue weighted by molar-refractivity contribution is 5.42. The van der Waals surface area contributed by atoms with E-state index in [0.29, 0.717) is 0 Å². The van der Waals surface area contributed by atoms with E-state index in [0.717, 1.165) is 49.8 Å². The molecule has 0 spiro atoms. The molecule has 2 aromatic rings. The van der Waals surface area contributed by atoms with Crippen molar-refractivity contribution in [1.82, 2.24) is 4.90 Å².